The predicted molar refractivity (Wildman–Crippen MR) is 99.0 cm³/mol. The van der Waals surface area contributed by atoms with Crippen LogP contribution < -0.4 is 10.6 Å². The molecule has 0 unspecified atom stereocenters. The minimum absolute atomic E-state index is 0.196. The van der Waals surface area contributed by atoms with Crippen LogP contribution in [0.1, 0.15) is 12.8 Å². The Bertz CT molecular complexity index is 620. The molecule has 2 bridgehead atoms. The molecule has 4 aliphatic rings. The topological polar surface area (TPSA) is 68.9 Å². The second-order valence-electron chi connectivity index (χ2n) is 7.08. The van der Waals surface area contributed by atoms with Crippen LogP contribution in [-0.4, -0.2) is 84.1 Å². The number of hydrogen-bond donors (Lipinski definition) is 1. The van der Waals surface area contributed by atoms with Gasteiger partial charge in [-0.15, -0.1) is 0 Å². The molecular weight excluding hydrogens is 340 g/mol. The maximum absolute atomic E-state index is 13.0. The Kier molecular flexibility index (Phi) is 4.60. The molecule has 7 nitrogen and oxygen atoms in total. The van der Waals surface area contributed by atoms with Crippen molar-refractivity contribution in [1.82, 2.24) is 19.7 Å². The van der Waals surface area contributed by atoms with Crippen molar-refractivity contribution < 1.29 is 4.79 Å². The van der Waals surface area contributed by atoms with Gasteiger partial charge in [-0.25, -0.2) is 4.79 Å². The Morgan fingerprint density at radius 3 is 2.44 bits per heavy atom. The summed E-state index contributed by atoms with van der Waals surface area (Å²) in [6.07, 6.45) is 5.46. The highest BCUT2D eigenvalue weighted by molar-refractivity contribution is 6.33. The molecule has 8 heteroatoms. The van der Waals surface area contributed by atoms with Gasteiger partial charge >= 0.3 is 6.03 Å². The van der Waals surface area contributed by atoms with E-state index < -0.39 is 0 Å². The van der Waals surface area contributed by atoms with Gasteiger partial charge in [-0.1, -0.05) is 11.6 Å². The van der Waals surface area contributed by atoms with Gasteiger partial charge in [0.15, 0.2) is 0 Å². The van der Waals surface area contributed by atoms with Gasteiger partial charge < -0.3 is 25.3 Å². The first-order valence-corrected chi connectivity index (χ1v) is 9.43. The summed E-state index contributed by atoms with van der Waals surface area (Å²) in [5.41, 5.74) is 7.47. The summed E-state index contributed by atoms with van der Waals surface area (Å²) in [5, 5.41) is 0.568. The number of pyridine rings is 1. The lowest BCUT2D eigenvalue weighted by Gasteiger charge is -2.40. The lowest BCUT2D eigenvalue weighted by Crippen LogP contribution is -2.55. The van der Waals surface area contributed by atoms with Crippen LogP contribution in [0.3, 0.4) is 0 Å². The second kappa shape index (κ2) is 6.88. The Hall–Kier alpha value is -1.73. The number of hydrogen-bond acceptors (Lipinski definition) is 5. The van der Waals surface area contributed by atoms with Crippen molar-refractivity contribution in [1.29, 1.82) is 0 Å². The molecule has 0 aromatic carbocycles. The van der Waals surface area contributed by atoms with Crippen LogP contribution >= 0.6 is 11.6 Å². The van der Waals surface area contributed by atoms with Crippen LogP contribution in [0.2, 0.25) is 5.02 Å². The normalized spacial score (nSPS) is 26.7. The number of halogens is 1. The summed E-state index contributed by atoms with van der Waals surface area (Å²) >= 11 is 6.27. The van der Waals surface area contributed by atoms with Crippen molar-refractivity contribution in [2.45, 2.75) is 18.9 Å². The number of fused-ring (bicyclic) bond motifs is 4. The van der Waals surface area contributed by atoms with Crippen molar-refractivity contribution >= 4 is 29.0 Å². The number of nitrogens with two attached hydrogens (primary N) is 1. The molecule has 5 rings (SSSR count). The van der Waals surface area contributed by atoms with E-state index in [9.17, 15) is 4.79 Å². The van der Waals surface area contributed by atoms with E-state index in [1.54, 1.807) is 12.4 Å². The van der Waals surface area contributed by atoms with Gasteiger partial charge in [0.25, 0.3) is 0 Å². The number of nitrogen functional groups attached to an aromatic ring is 1. The largest absolute Gasteiger partial charge is 0.396 e. The van der Waals surface area contributed by atoms with E-state index in [1.165, 1.54) is 0 Å². The Morgan fingerprint density at radius 1 is 1.04 bits per heavy atom. The zero-order valence-corrected chi connectivity index (χ0v) is 15.2. The molecule has 0 aliphatic carbocycles. The van der Waals surface area contributed by atoms with Crippen LogP contribution in [-0.2, 0) is 0 Å². The molecule has 1 aromatic rings. The van der Waals surface area contributed by atoms with E-state index >= 15 is 0 Å². The average molecular weight is 365 g/mol. The molecule has 4 aliphatic heterocycles. The Balaban J connectivity index is 1.41. The van der Waals surface area contributed by atoms with Crippen molar-refractivity contribution in [2.75, 3.05) is 63.0 Å². The molecule has 0 atom stereocenters. The van der Waals surface area contributed by atoms with E-state index in [1.807, 2.05) is 4.90 Å². The average Bonchev–Trinajstić information content (AvgIpc) is 2.95. The van der Waals surface area contributed by atoms with E-state index in [2.05, 4.69) is 19.7 Å². The van der Waals surface area contributed by atoms with Gasteiger partial charge in [0, 0.05) is 64.6 Å². The molecule has 4 fully saturated rings. The third-order valence-corrected chi connectivity index (χ3v) is 5.94. The van der Waals surface area contributed by atoms with Crippen LogP contribution in [0.4, 0.5) is 16.2 Å². The number of nitrogens with zero attached hydrogens (tertiary/aromatic N) is 5. The Morgan fingerprint density at radius 2 is 1.76 bits per heavy atom. The van der Waals surface area contributed by atoms with Gasteiger partial charge in [0.2, 0.25) is 0 Å². The second-order valence-corrected chi connectivity index (χ2v) is 7.49. The lowest BCUT2D eigenvalue weighted by molar-refractivity contribution is 0.130. The number of piperidine rings is 1. The molecule has 5 heterocycles. The minimum Gasteiger partial charge on any atom is -0.396 e. The third kappa shape index (κ3) is 3.22. The number of urea groups is 1. The molecular formula is C17H25ClN6O. The fourth-order valence-corrected chi connectivity index (χ4v) is 4.50. The first kappa shape index (κ1) is 16.7. The fraction of sp³-hybridized carbons (Fsp3) is 0.647. The molecule has 0 spiro atoms. The highest BCUT2D eigenvalue weighted by atomic mass is 35.5. The molecule has 136 valence electrons. The SMILES string of the molecule is Nc1cncc(Cl)c1N1CCN(C(=O)N2CCN3CCC2CC3)CC1. The molecule has 2 amide bonds. The van der Waals surface area contributed by atoms with Gasteiger partial charge in [0.1, 0.15) is 0 Å². The maximum Gasteiger partial charge on any atom is 0.320 e. The van der Waals surface area contributed by atoms with E-state index in [4.69, 9.17) is 17.3 Å². The number of carbonyl (C=O) groups excluding carboxylic acids is 1. The van der Waals surface area contributed by atoms with Crippen LogP contribution in [0, 0.1) is 0 Å². The number of piperazine rings is 1. The fourth-order valence-electron chi connectivity index (χ4n) is 4.22. The zero-order valence-electron chi connectivity index (χ0n) is 14.4. The molecule has 0 saturated carbocycles. The number of aromatic nitrogens is 1. The van der Waals surface area contributed by atoms with E-state index in [-0.39, 0.29) is 6.03 Å². The number of carbonyl (C=O) groups is 1. The monoisotopic (exact) mass is 364 g/mol. The predicted octanol–water partition coefficient (Wildman–Crippen LogP) is 1.34. The van der Waals surface area contributed by atoms with Gasteiger partial charge in [-0.05, 0) is 12.8 Å². The quantitative estimate of drug-likeness (QED) is 0.814. The van der Waals surface area contributed by atoms with Gasteiger partial charge in [0.05, 0.1) is 22.6 Å². The highest BCUT2D eigenvalue weighted by Crippen LogP contribution is 2.31. The van der Waals surface area contributed by atoms with Crippen molar-refractivity contribution in [2.24, 2.45) is 0 Å². The smallest absolute Gasteiger partial charge is 0.320 e. The van der Waals surface area contributed by atoms with Crippen molar-refractivity contribution in [3.63, 3.8) is 0 Å². The molecule has 4 saturated heterocycles. The summed E-state index contributed by atoms with van der Waals surface area (Å²) in [6.45, 7) is 6.99. The minimum atomic E-state index is 0.196. The first-order chi connectivity index (χ1) is 12.1. The van der Waals surface area contributed by atoms with E-state index in [0.29, 0.717) is 29.8 Å². The molecule has 2 N–H and O–H groups in total. The summed E-state index contributed by atoms with van der Waals surface area (Å²) in [6, 6.07) is 0.608. The van der Waals surface area contributed by atoms with Gasteiger partial charge in [-0.3, -0.25) is 4.98 Å². The molecule has 25 heavy (non-hydrogen) atoms. The summed E-state index contributed by atoms with van der Waals surface area (Å²) < 4.78 is 0. The highest BCUT2D eigenvalue weighted by Gasteiger charge is 2.35. The van der Waals surface area contributed by atoms with Crippen molar-refractivity contribution in [3.8, 4) is 0 Å². The molecule has 0 radical (unpaired) electrons. The van der Waals surface area contributed by atoms with Crippen LogP contribution in [0.5, 0.6) is 0 Å². The number of rotatable bonds is 1. The lowest BCUT2D eigenvalue weighted by atomic mass is 10.1. The van der Waals surface area contributed by atoms with E-state index in [0.717, 1.165) is 57.8 Å². The number of anilines is 2. The third-order valence-electron chi connectivity index (χ3n) is 5.67. The van der Waals surface area contributed by atoms with Crippen molar-refractivity contribution in [3.05, 3.63) is 17.4 Å². The zero-order chi connectivity index (χ0) is 17.4. The van der Waals surface area contributed by atoms with Crippen LogP contribution in [0.15, 0.2) is 12.4 Å². The maximum atomic E-state index is 13.0. The first-order valence-electron chi connectivity index (χ1n) is 9.05. The summed E-state index contributed by atoms with van der Waals surface area (Å²) in [5.74, 6) is 0. The molecule has 1 aromatic heterocycles. The standard InChI is InChI=1S/C17H25ClN6O/c18-14-11-20-12-15(19)16(14)22-6-8-23(9-7-22)17(25)24-10-5-21-3-1-13(24)2-4-21/h11-13H,1-10,19H2. The number of amides is 2. The summed E-state index contributed by atoms with van der Waals surface area (Å²) in [7, 11) is 0. The summed E-state index contributed by atoms with van der Waals surface area (Å²) in [4.78, 5) is 25.8. The van der Waals surface area contributed by atoms with Gasteiger partial charge in [-0.2, -0.15) is 0 Å². The Labute approximate surface area is 153 Å². The van der Waals surface area contributed by atoms with Crippen LogP contribution in [0.25, 0.3) is 0 Å².